The first kappa shape index (κ1) is 18.2. The molecule has 0 spiro atoms. The molecule has 1 saturated heterocycles. The second kappa shape index (κ2) is 7.60. The predicted octanol–water partition coefficient (Wildman–Crippen LogP) is 2.64. The summed E-state index contributed by atoms with van der Waals surface area (Å²) in [5.74, 6) is -0.421. The van der Waals surface area contributed by atoms with E-state index in [0.29, 0.717) is 18.7 Å². The molecule has 1 aromatic rings. The van der Waals surface area contributed by atoms with Crippen LogP contribution in [0.3, 0.4) is 0 Å². The number of carbonyl (C=O) groups excluding carboxylic acids is 1. The lowest BCUT2D eigenvalue weighted by atomic mass is 10.0. The van der Waals surface area contributed by atoms with E-state index >= 15 is 0 Å². The topological polar surface area (TPSA) is 43.8 Å². The van der Waals surface area contributed by atoms with Crippen LogP contribution >= 0.6 is 11.6 Å². The number of carbonyl (C=O) groups is 1. The molecule has 6 heteroatoms. The number of β-amino-alcohol motifs (C(OH)–C–C–N with tert-alkyl or cyclic N) is 1. The molecule has 1 aliphatic heterocycles. The highest BCUT2D eigenvalue weighted by molar-refractivity contribution is 6.33. The number of nitrogens with zero attached hydrogens (tertiary/aromatic N) is 2. The Morgan fingerprint density at radius 3 is 2.74 bits per heavy atom. The van der Waals surface area contributed by atoms with E-state index in [-0.39, 0.29) is 29.0 Å². The van der Waals surface area contributed by atoms with E-state index in [1.807, 2.05) is 0 Å². The third kappa shape index (κ3) is 4.43. The highest BCUT2D eigenvalue weighted by Crippen LogP contribution is 2.22. The van der Waals surface area contributed by atoms with E-state index in [4.69, 9.17) is 11.6 Å². The zero-order valence-corrected chi connectivity index (χ0v) is 14.6. The first-order valence-electron chi connectivity index (χ1n) is 7.92. The smallest absolute Gasteiger partial charge is 0.255 e. The van der Waals surface area contributed by atoms with Crippen LogP contribution < -0.4 is 0 Å². The molecule has 1 N–H and O–H groups in total. The minimum Gasteiger partial charge on any atom is -0.392 e. The fourth-order valence-corrected chi connectivity index (χ4v) is 3.27. The second-order valence-electron chi connectivity index (χ2n) is 6.55. The lowest BCUT2D eigenvalue weighted by Gasteiger charge is -2.34. The van der Waals surface area contributed by atoms with Gasteiger partial charge in [0.25, 0.3) is 5.91 Å². The number of rotatable bonds is 5. The molecule has 1 fully saturated rings. The van der Waals surface area contributed by atoms with Gasteiger partial charge in [-0.1, -0.05) is 25.4 Å². The average Bonchev–Trinajstić information content (AvgIpc) is 2.88. The molecule has 0 saturated carbocycles. The normalized spacial score (nSPS) is 20.0. The van der Waals surface area contributed by atoms with E-state index in [1.54, 1.807) is 11.9 Å². The van der Waals surface area contributed by atoms with Crippen molar-refractivity contribution in [3.8, 4) is 0 Å². The molecule has 2 rings (SSSR count). The molecule has 2 atom stereocenters. The van der Waals surface area contributed by atoms with Gasteiger partial charge in [-0.25, -0.2) is 4.39 Å². The molecule has 128 valence electrons. The highest BCUT2D eigenvalue weighted by atomic mass is 35.5. The lowest BCUT2D eigenvalue weighted by molar-refractivity contribution is 0.0633. The fraction of sp³-hybridized carbons (Fsp3) is 0.588. The van der Waals surface area contributed by atoms with Crippen LogP contribution in [0.15, 0.2) is 18.2 Å². The van der Waals surface area contributed by atoms with Gasteiger partial charge >= 0.3 is 0 Å². The van der Waals surface area contributed by atoms with Crippen LogP contribution in [-0.2, 0) is 0 Å². The molecule has 0 aliphatic carbocycles. The van der Waals surface area contributed by atoms with Crippen molar-refractivity contribution in [2.24, 2.45) is 5.92 Å². The lowest BCUT2D eigenvalue weighted by Crippen LogP contribution is -2.47. The van der Waals surface area contributed by atoms with E-state index in [2.05, 4.69) is 18.7 Å². The van der Waals surface area contributed by atoms with Crippen molar-refractivity contribution in [2.45, 2.75) is 32.4 Å². The quantitative estimate of drug-likeness (QED) is 0.894. The number of hydrogen-bond donors (Lipinski definition) is 1. The van der Waals surface area contributed by atoms with E-state index < -0.39 is 5.82 Å². The number of amides is 1. The highest BCUT2D eigenvalue weighted by Gasteiger charge is 2.29. The van der Waals surface area contributed by atoms with Crippen LogP contribution in [0.4, 0.5) is 4.39 Å². The van der Waals surface area contributed by atoms with Crippen LogP contribution in [0, 0.1) is 11.7 Å². The summed E-state index contributed by atoms with van der Waals surface area (Å²) in [6, 6.07) is 3.82. The molecule has 23 heavy (non-hydrogen) atoms. The van der Waals surface area contributed by atoms with Gasteiger partial charge < -0.3 is 10.0 Å². The van der Waals surface area contributed by atoms with E-state index in [0.717, 1.165) is 19.0 Å². The molecule has 0 bridgehead atoms. The summed E-state index contributed by atoms with van der Waals surface area (Å²) in [5.41, 5.74) is 0.308. The summed E-state index contributed by atoms with van der Waals surface area (Å²) in [7, 11) is 1.75. The summed E-state index contributed by atoms with van der Waals surface area (Å²) < 4.78 is 13.2. The van der Waals surface area contributed by atoms with Gasteiger partial charge in [-0.3, -0.25) is 9.69 Å². The number of likely N-dealkylation sites (N-methyl/N-ethyl adjacent to an activating group) is 1. The first-order valence-corrected chi connectivity index (χ1v) is 8.30. The van der Waals surface area contributed by atoms with E-state index in [9.17, 15) is 14.3 Å². The minimum absolute atomic E-state index is 0.00563. The maximum Gasteiger partial charge on any atom is 0.255 e. The Morgan fingerprint density at radius 1 is 1.52 bits per heavy atom. The Labute approximate surface area is 141 Å². The Bertz CT molecular complexity index is 568. The molecular weight excluding hydrogens is 319 g/mol. The zero-order valence-electron chi connectivity index (χ0n) is 13.8. The van der Waals surface area contributed by atoms with Crippen molar-refractivity contribution >= 4 is 17.5 Å². The second-order valence-corrected chi connectivity index (χ2v) is 6.96. The van der Waals surface area contributed by atoms with Crippen molar-refractivity contribution < 1.29 is 14.3 Å². The van der Waals surface area contributed by atoms with Gasteiger partial charge in [0.15, 0.2) is 0 Å². The summed E-state index contributed by atoms with van der Waals surface area (Å²) in [6.45, 7) is 6.31. The summed E-state index contributed by atoms with van der Waals surface area (Å²) >= 11 is 6.01. The van der Waals surface area contributed by atoms with Gasteiger partial charge in [-0.15, -0.1) is 0 Å². The monoisotopic (exact) mass is 342 g/mol. The SMILES string of the molecule is CC(C)C(CN1CCC(O)C1)N(C)C(=O)c1ccc(F)cc1Cl. The molecule has 0 aromatic heterocycles. The van der Waals surface area contributed by atoms with Crippen molar-refractivity contribution in [3.05, 3.63) is 34.6 Å². The molecule has 0 radical (unpaired) electrons. The van der Waals surface area contributed by atoms with Gasteiger partial charge in [0.2, 0.25) is 0 Å². The van der Waals surface area contributed by atoms with Gasteiger partial charge in [-0.2, -0.15) is 0 Å². The van der Waals surface area contributed by atoms with Gasteiger partial charge in [0, 0.05) is 32.7 Å². The molecule has 1 heterocycles. The van der Waals surface area contributed by atoms with Crippen LogP contribution in [0.1, 0.15) is 30.6 Å². The largest absolute Gasteiger partial charge is 0.392 e. The maximum atomic E-state index is 13.2. The van der Waals surface area contributed by atoms with Crippen LogP contribution in [0.25, 0.3) is 0 Å². The minimum atomic E-state index is -0.458. The first-order chi connectivity index (χ1) is 10.8. The van der Waals surface area contributed by atoms with Crippen LogP contribution in [0.2, 0.25) is 5.02 Å². The van der Waals surface area contributed by atoms with Crippen molar-refractivity contribution in [1.29, 1.82) is 0 Å². The van der Waals surface area contributed by atoms with Crippen molar-refractivity contribution in [3.63, 3.8) is 0 Å². The third-order valence-corrected chi connectivity index (χ3v) is 4.75. The molecule has 1 amide bonds. The summed E-state index contributed by atoms with van der Waals surface area (Å²) in [6.07, 6.45) is 0.488. The number of halogens is 2. The molecular formula is C17H24ClFN2O2. The number of aliphatic hydroxyl groups is 1. The average molecular weight is 343 g/mol. The maximum absolute atomic E-state index is 13.2. The van der Waals surface area contributed by atoms with Crippen molar-refractivity contribution in [1.82, 2.24) is 9.80 Å². The Hall–Kier alpha value is -1.17. The third-order valence-electron chi connectivity index (χ3n) is 4.44. The number of likely N-dealkylation sites (tertiary alicyclic amines) is 1. The van der Waals surface area contributed by atoms with Crippen LogP contribution in [0.5, 0.6) is 0 Å². The predicted molar refractivity (Wildman–Crippen MR) is 89.2 cm³/mol. The number of aliphatic hydroxyl groups excluding tert-OH is 1. The molecule has 1 aliphatic rings. The number of hydrogen-bond acceptors (Lipinski definition) is 3. The molecule has 2 unspecified atom stereocenters. The zero-order chi connectivity index (χ0) is 17.1. The fourth-order valence-electron chi connectivity index (χ4n) is 3.03. The summed E-state index contributed by atoms with van der Waals surface area (Å²) in [4.78, 5) is 16.6. The van der Waals surface area contributed by atoms with Crippen molar-refractivity contribution in [2.75, 3.05) is 26.7 Å². The van der Waals surface area contributed by atoms with Gasteiger partial charge in [-0.05, 0) is 30.5 Å². The Morgan fingerprint density at radius 2 is 2.22 bits per heavy atom. The number of benzene rings is 1. The standard InChI is InChI=1S/C17H24ClFN2O2/c1-11(2)16(10-21-7-6-13(22)9-21)20(3)17(23)14-5-4-12(19)8-15(14)18/h4-5,8,11,13,16,22H,6-7,9-10H2,1-3H3. The Kier molecular flexibility index (Phi) is 6.00. The summed E-state index contributed by atoms with van der Waals surface area (Å²) in [5, 5.41) is 9.79. The van der Waals surface area contributed by atoms with E-state index in [1.165, 1.54) is 12.1 Å². The van der Waals surface area contributed by atoms with Gasteiger partial charge in [0.05, 0.1) is 16.7 Å². The van der Waals surface area contributed by atoms with Gasteiger partial charge in [0.1, 0.15) is 5.82 Å². The van der Waals surface area contributed by atoms with Crippen LogP contribution in [-0.4, -0.2) is 59.6 Å². The molecule has 1 aromatic carbocycles. The molecule has 4 nitrogen and oxygen atoms in total. The Balaban J connectivity index is 2.13.